The van der Waals surface area contributed by atoms with Crippen LogP contribution < -0.4 is 10.1 Å². The van der Waals surface area contributed by atoms with Crippen LogP contribution in [0.3, 0.4) is 0 Å². The van der Waals surface area contributed by atoms with Crippen LogP contribution in [-0.2, 0) is 11.3 Å². The van der Waals surface area contributed by atoms with Gasteiger partial charge in [0.1, 0.15) is 17.6 Å². The van der Waals surface area contributed by atoms with Crippen LogP contribution in [0.15, 0.2) is 18.2 Å². The van der Waals surface area contributed by atoms with Crippen molar-refractivity contribution in [2.45, 2.75) is 39.8 Å². The summed E-state index contributed by atoms with van der Waals surface area (Å²) >= 11 is 0. The zero-order valence-corrected chi connectivity index (χ0v) is 12.4. The average Bonchev–Trinajstić information content (AvgIpc) is 2.36. The molecule has 0 spiro atoms. The molecule has 5 heteroatoms. The summed E-state index contributed by atoms with van der Waals surface area (Å²) < 4.78 is 10.6. The highest BCUT2D eigenvalue weighted by molar-refractivity contribution is 5.76. The quantitative estimate of drug-likeness (QED) is 0.842. The van der Waals surface area contributed by atoms with Crippen molar-refractivity contribution in [2.24, 2.45) is 0 Å². The van der Waals surface area contributed by atoms with Crippen LogP contribution in [0.4, 0.5) is 4.79 Å². The number of carbonyl (C=O) groups is 2. The molecule has 0 saturated carbocycles. The van der Waals surface area contributed by atoms with Crippen LogP contribution in [0.2, 0.25) is 0 Å². The van der Waals surface area contributed by atoms with Gasteiger partial charge in [-0.15, -0.1) is 0 Å². The van der Waals surface area contributed by atoms with E-state index < -0.39 is 11.7 Å². The van der Waals surface area contributed by atoms with E-state index in [4.69, 9.17) is 9.47 Å². The zero-order chi connectivity index (χ0) is 15.2. The minimum Gasteiger partial charge on any atom is -0.494 e. The van der Waals surface area contributed by atoms with Crippen LogP contribution in [0.5, 0.6) is 5.75 Å². The Morgan fingerprint density at radius 2 is 2.05 bits per heavy atom. The lowest BCUT2D eigenvalue weighted by atomic mass is 10.1. The molecule has 0 atom stereocenters. The van der Waals surface area contributed by atoms with E-state index in [0.717, 1.165) is 11.8 Å². The Morgan fingerprint density at radius 1 is 1.35 bits per heavy atom. The topological polar surface area (TPSA) is 64.6 Å². The summed E-state index contributed by atoms with van der Waals surface area (Å²) in [7, 11) is 0. The van der Waals surface area contributed by atoms with Gasteiger partial charge >= 0.3 is 6.09 Å². The van der Waals surface area contributed by atoms with Crippen LogP contribution in [0, 0.1) is 0 Å². The number of hydrogen-bond acceptors (Lipinski definition) is 4. The smallest absolute Gasteiger partial charge is 0.407 e. The lowest BCUT2D eigenvalue weighted by Crippen LogP contribution is -2.32. The van der Waals surface area contributed by atoms with E-state index in [-0.39, 0.29) is 6.54 Å². The number of carbonyl (C=O) groups excluding carboxylic acids is 2. The zero-order valence-electron chi connectivity index (χ0n) is 12.4. The fourth-order valence-electron chi connectivity index (χ4n) is 1.59. The summed E-state index contributed by atoms with van der Waals surface area (Å²) in [6.45, 7) is 8.02. The second kappa shape index (κ2) is 6.93. The van der Waals surface area contributed by atoms with Gasteiger partial charge in [-0.3, -0.25) is 4.79 Å². The van der Waals surface area contributed by atoms with Crippen molar-refractivity contribution in [3.8, 4) is 5.75 Å². The van der Waals surface area contributed by atoms with Gasteiger partial charge in [-0.25, -0.2) is 4.79 Å². The average molecular weight is 279 g/mol. The highest BCUT2D eigenvalue weighted by Gasteiger charge is 2.16. The molecule has 0 aliphatic rings. The third kappa shape index (κ3) is 5.30. The van der Waals surface area contributed by atoms with Crippen LogP contribution in [-0.4, -0.2) is 24.6 Å². The maximum absolute atomic E-state index is 11.6. The third-order valence-electron chi connectivity index (χ3n) is 2.34. The molecule has 0 bridgehead atoms. The van der Waals surface area contributed by atoms with Gasteiger partial charge in [0.2, 0.25) is 0 Å². The molecule has 0 unspecified atom stereocenters. The number of nitrogens with one attached hydrogen (secondary N) is 1. The minimum atomic E-state index is -0.544. The molecule has 1 rings (SSSR count). The Labute approximate surface area is 119 Å². The Morgan fingerprint density at radius 3 is 2.60 bits per heavy atom. The number of ether oxygens (including phenoxy) is 2. The minimum absolute atomic E-state index is 0.242. The largest absolute Gasteiger partial charge is 0.494 e. The molecule has 0 fully saturated rings. The lowest BCUT2D eigenvalue weighted by molar-refractivity contribution is 0.0523. The number of alkyl carbamates (subject to hydrolysis) is 1. The number of benzene rings is 1. The Hall–Kier alpha value is -2.04. The van der Waals surface area contributed by atoms with Crippen molar-refractivity contribution < 1.29 is 19.1 Å². The molecule has 1 amide bonds. The van der Waals surface area contributed by atoms with Crippen molar-refractivity contribution in [3.63, 3.8) is 0 Å². The summed E-state index contributed by atoms with van der Waals surface area (Å²) in [5.41, 5.74) is 0.731. The van der Waals surface area contributed by atoms with E-state index in [1.165, 1.54) is 0 Å². The van der Waals surface area contributed by atoms with E-state index in [0.29, 0.717) is 17.9 Å². The molecule has 5 nitrogen and oxygen atoms in total. The van der Waals surface area contributed by atoms with Crippen molar-refractivity contribution in [1.29, 1.82) is 0 Å². The first kappa shape index (κ1) is 16.0. The molecule has 1 aromatic carbocycles. The Bertz CT molecular complexity index is 477. The highest BCUT2D eigenvalue weighted by Crippen LogP contribution is 2.20. The maximum atomic E-state index is 11.6. The number of aldehydes is 1. The standard InChI is InChI=1S/C15H21NO4/c1-5-19-13-7-6-11(10-17)8-12(13)9-16-14(18)20-15(2,3)4/h6-8,10H,5,9H2,1-4H3,(H,16,18). The predicted octanol–water partition coefficient (Wildman–Crippen LogP) is 2.92. The summed E-state index contributed by atoms with van der Waals surface area (Å²) in [5.74, 6) is 0.647. The Kier molecular flexibility index (Phi) is 5.55. The fourth-order valence-corrected chi connectivity index (χ4v) is 1.59. The SMILES string of the molecule is CCOc1ccc(C=O)cc1CNC(=O)OC(C)(C)C. The molecule has 0 heterocycles. The van der Waals surface area contributed by atoms with Gasteiger partial charge in [0.05, 0.1) is 6.61 Å². The summed E-state index contributed by atoms with van der Waals surface area (Å²) in [5, 5.41) is 2.65. The summed E-state index contributed by atoms with van der Waals surface area (Å²) in [4.78, 5) is 22.4. The van der Waals surface area contributed by atoms with E-state index in [9.17, 15) is 9.59 Å². The second-order valence-electron chi connectivity index (χ2n) is 5.27. The number of rotatable bonds is 5. The van der Waals surface area contributed by atoms with Crippen LogP contribution in [0.1, 0.15) is 43.6 Å². The molecule has 0 radical (unpaired) electrons. The third-order valence-corrected chi connectivity index (χ3v) is 2.34. The van der Waals surface area contributed by atoms with E-state index in [1.807, 2.05) is 6.92 Å². The summed E-state index contributed by atoms with van der Waals surface area (Å²) in [6, 6.07) is 5.09. The first-order valence-corrected chi connectivity index (χ1v) is 6.53. The van der Waals surface area contributed by atoms with Gasteiger partial charge in [-0.2, -0.15) is 0 Å². The summed E-state index contributed by atoms with van der Waals surface area (Å²) in [6.07, 6.45) is 0.253. The van der Waals surface area contributed by atoms with E-state index in [2.05, 4.69) is 5.32 Å². The number of amides is 1. The molecular formula is C15H21NO4. The molecule has 1 N–H and O–H groups in total. The molecule has 0 saturated heterocycles. The highest BCUT2D eigenvalue weighted by atomic mass is 16.6. The molecule has 1 aromatic rings. The van der Waals surface area contributed by atoms with E-state index >= 15 is 0 Å². The van der Waals surface area contributed by atoms with Crippen LogP contribution in [0.25, 0.3) is 0 Å². The van der Waals surface area contributed by atoms with E-state index in [1.54, 1.807) is 39.0 Å². The van der Waals surface area contributed by atoms with Crippen molar-refractivity contribution in [3.05, 3.63) is 29.3 Å². The van der Waals surface area contributed by atoms with Gasteiger partial charge < -0.3 is 14.8 Å². The van der Waals surface area contributed by atoms with Gasteiger partial charge in [0.25, 0.3) is 0 Å². The normalized spacial score (nSPS) is 10.8. The second-order valence-corrected chi connectivity index (χ2v) is 5.27. The molecule has 110 valence electrons. The first-order chi connectivity index (χ1) is 9.35. The molecule has 0 aliphatic carbocycles. The molecule has 0 aromatic heterocycles. The fraction of sp³-hybridized carbons (Fsp3) is 0.467. The van der Waals surface area contributed by atoms with Gasteiger partial charge in [0, 0.05) is 17.7 Å². The van der Waals surface area contributed by atoms with Crippen molar-refractivity contribution in [2.75, 3.05) is 6.61 Å². The molecule has 20 heavy (non-hydrogen) atoms. The predicted molar refractivity (Wildman–Crippen MR) is 76.1 cm³/mol. The monoisotopic (exact) mass is 279 g/mol. The number of hydrogen-bond donors (Lipinski definition) is 1. The Balaban J connectivity index is 2.74. The van der Waals surface area contributed by atoms with Gasteiger partial charge in [0.15, 0.2) is 0 Å². The van der Waals surface area contributed by atoms with Crippen molar-refractivity contribution >= 4 is 12.4 Å². The maximum Gasteiger partial charge on any atom is 0.407 e. The lowest BCUT2D eigenvalue weighted by Gasteiger charge is -2.20. The first-order valence-electron chi connectivity index (χ1n) is 6.53. The van der Waals surface area contributed by atoms with Crippen molar-refractivity contribution in [1.82, 2.24) is 5.32 Å². The molecule has 0 aliphatic heterocycles. The van der Waals surface area contributed by atoms with Gasteiger partial charge in [-0.05, 0) is 45.9 Å². The van der Waals surface area contributed by atoms with Gasteiger partial charge in [-0.1, -0.05) is 0 Å². The van der Waals surface area contributed by atoms with Crippen LogP contribution >= 0.6 is 0 Å². The molecular weight excluding hydrogens is 258 g/mol.